The maximum atomic E-state index is 12.0. The van der Waals surface area contributed by atoms with Gasteiger partial charge in [-0.05, 0) is 275 Å². The van der Waals surface area contributed by atoms with Crippen molar-refractivity contribution in [2.24, 2.45) is 28.5 Å². The van der Waals surface area contributed by atoms with Crippen molar-refractivity contribution in [2.45, 2.75) is 84.8 Å². The largest absolute Gasteiger partial charge is 0.481 e. The van der Waals surface area contributed by atoms with Gasteiger partial charge in [-0.2, -0.15) is 20.2 Å². The zero-order valence-corrected chi connectivity index (χ0v) is 66.7. The zero-order chi connectivity index (χ0) is 83.1. The summed E-state index contributed by atoms with van der Waals surface area (Å²) >= 11 is 29.1. The number of halogens is 5. The van der Waals surface area contributed by atoms with Crippen LogP contribution in [0, 0.1) is 23.2 Å². The van der Waals surface area contributed by atoms with Crippen LogP contribution < -0.4 is 35.2 Å². The third-order valence-electron chi connectivity index (χ3n) is 15.6. The molecule has 0 unspecified atom stereocenters. The lowest BCUT2D eigenvalue weighted by Gasteiger charge is -2.20. The lowest BCUT2D eigenvalue weighted by Crippen LogP contribution is -2.26. The Hall–Kier alpha value is -12.8. The normalized spacial score (nSPS) is 11.6. The number of rotatable bonds is 26. The van der Waals surface area contributed by atoms with E-state index in [-0.39, 0.29) is 42.9 Å². The van der Waals surface area contributed by atoms with Gasteiger partial charge in [0, 0.05) is 85.5 Å². The molecular formula is C86H77Cl5N10O15. The molecule has 13 rings (SSSR count). The summed E-state index contributed by atoms with van der Waals surface area (Å²) in [5.74, 6) is 7.41. The van der Waals surface area contributed by atoms with Crippen molar-refractivity contribution in [3.8, 4) is 97.7 Å². The van der Waals surface area contributed by atoms with Crippen LogP contribution in [0.1, 0.15) is 82.7 Å². The third kappa shape index (κ3) is 30.3. The number of oxime groups is 1. The Labute approximate surface area is 692 Å². The number of nitriles is 1. The van der Waals surface area contributed by atoms with Crippen LogP contribution in [-0.4, -0.2) is 81.2 Å². The third-order valence-corrected chi connectivity index (χ3v) is 16.9. The number of nitrogens with zero attached hydrogens (tertiary/aromatic N) is 8. The van der Waals surface area contributed by atoms with Crippen molar-refractivity contribution in [3.63, 3.8) is 0 Å². The summed E-state index contributed by atoms with van der Waals surface area (Å²) in [6, 6.07) is 72.7. The van der Waals surface area contributed by atoms with Crippen LogP contribution in [0.2, 0.25) is 25.1 Å². The molecule has 7 N–H and O–H groups in total. The van der Waals surface area contributed by atoms with Gasteiger partial charge in [-0.15, -0.1) is 0 Å². The summed E-state index contributed by atoms with van der Waals surface area (Å²) in [5, 5.41) is 52.8. The molecule has 0 fully saturated rings. The van der Waals surface area contributed by atoms with E-state index in [2.05, 4.69) is 41.6 Å². The van der Waals surface area contributed by atoms with Crippen molar-refractivity contribution < 1.29 is 71.8 Å². The van der Waals surface area contributed by atoms with Gasteiger partial charge >= 0.3 is 17.9 Å². The van der Waals surface area contributed by atoms with Gasteiger partial charge in [0.1, 0.15) is 63.1 Å². The van der Waals surface area contributed by atoms with E-state index in [1.165, 1.54) is 0 Å². The number of amidine groups is 1. The molecule has 0 aliphatic rings. The predicted molar refractivity (Wildman–Crippen MR) is 439 cm³/mol. The fourth-order valence-corrected chi connectivity index (χ4v) is 10.8. The monoisotopic (exact) mass is 1660 g/mol. The second-order valence-electron chi connectivity index (χ2n) is 26.6. The van der Waals surface area contributed by atoms with E-state index in [0.29, 0.717) is 148 Å². The van der Waals surface area contributed by atoms with Crippen LogP contribution >= 0.6 is 58.0 Å². The van der Waals surface area contributed by atoms with Crippen molar-refractivity contribution in [1.82, 2.24) is 30.4 Å². The molecule has 0 saturated heterocycles. The van der Waals surface area contributed by atoms with Crippen LogP contribution in [0.15, 0.2) is 261 Å². The molecule has 3 heterocycles. The number of aliphatic carboxylic acids is 2. The first-order valence-corrected chi connectivity index (χ1v) is 37.5. The Morgan fingerprint density at radius 1 is 0.422 bits per heavy atom. The summed E-state index contributed by atoms with van der Waals surface area (Å²) in [4.78, 5) is 46.3. The summed E-state index contributed by atoms with van der Waals surface area (Å²) in [6.07, 6.45) is 1.34. The number of carbonyl (C=O) groups excluding carboxylic acids is 1. The minimum atomic E-state index is -0.964. The Morgan fingerprint density at radius 2 is 0.681 bits per heavy atom. The van der Waals surface area contributed by atoms with Gasteiger partial charge in [0.05, 0.1) is 18.1 Å². The number of carboxylic acid groups (broad SMARTS) is 2. The molecule has 596 valence electrons. The average molecular weight is 1670 g/mol. The predicted octanol–water partition coefficient (Wildman–Crippen LogP) is 21.7. The molecule has 0 spiro atoms. The molecule has 10 aromatic carbocycles. The lowest BCUT2D eigenvalue weighted by molar-refractivity contribution is -0.156. The summed E-state index contributed by atoms with van der Waals surface area (Å²) < 4.78 is 49.5. The molecule has 0 aliphatic carbocycles. The first-order chi connectivity index (χ1) is 55.6. The van der Waals surface area contributed by atoms with Gasteiger partial charge in [-0.3, -0.25) is 14.4 Å². The molecule has 0 amide bonds. The summed E-state index contributed by atoms with van der Waals surface area (Å²) in [6.45, 7) is 9.35. The number of esters is 1. The highest BCUT2D eigenvalue weighted by Gasteiger charge is 2.22. The smallest absolute Gasteiger partial charge is 0.306 e. The molecule has 0 radical (unpaired) electrons. The van der Waals surface area contributed by atoms with Gasteiger partial charge in [-0.25, -0.2) is 0 Å². The average Bonchev–Trinajstić information content (AvgIpc) is 1.67. The molecule has 0 bridgehead atoms. The number of carbonyl (C=O) groups is 3. The summed E-state index contributed by atoms with van der Waals surface area (Å²) in [7, 11) is 0. The number of hydrogen-bond donors (Lipinski definition) is 5. The van der Waals surface area contributed by atoms with E-state index in [9.17, 15) is 14.4 Å². The van der Waals surface area contributed by atoms with Crippen molar-refractivity contribution in [3.05, 3.63) is 297 Å². The van der Waals surface area contributed by atoms with Crippen LogP contribution in [0.25, 0.3) is 34.2 Å². The number of nitrogens with two attached hydrogens (primary N) is 2. The molecule has 0 saturated carbocycles. The highest BCUT2D eigenvalue weighted by molar-refractivity contribution is 6.31. The standard InChI is InChI=1S/C23H25ClN2O4.C19H17ClN2O4.C18H16ClN3O4.C13H11ClN2O2.C13H8ClNO/c1-15(14-21(27)29-23(2,3)4)13-20-25-22(26-30-20)16-5-9-18(10-6-16)28-19-11-7-17(24)8-12-19;1-12(11-18(23)24)10-17-21-19(22-26-17)13-2-6-15(7-3-13)25-16-8-4-14(20)5-9-16;19-12-3-7-15(8-4-12)25-14-5-1-11(2-6-14)18-21-16(26-22-18)9-13(20)10-17(23)24;14-10-3-7-12(8-4-10)18-11-5-1-9(2-6-11)13(15)16-17;14-11-3-7-13(8-4-11)16-12-5-1-10(9-15)2-6-12/h5-12,15H,13-14H2,1-4H3;2-9,12H,10-11H2,1H3,(H,23,24);1-8,13H,9-10,20H2,(H,23,24);1-8,17H,(H2,15,16);1-8H/t15-;12-;13-;;/m111../s1. The van der Waals surface area contributed by atoms with E-state index in [0.717, 1.165) is 16.7 Å². The maximum absolute atomic E-state index is 12.0. The fourth-order valence-electron chi connectivity index (χ4n) is 10.2. The lowest BCUT2D eigenvalue weighted by atomic mass is 10.0. The highest BCUT2D eigenvalue weighted by Crippen LogP contribution is 2.32. The molecule has 116 heavy (non-hydrogen) atoms. The minimum absolute atomic E-state index is 0.0308. The minimum Gasteiger partial charge on any atom is -0.481 e. The molecule has 25 nitrogen and oxygen atoms in total. The number of carboxylic acids is 2. The SMILES string of the molecule is C[C@@H](CC(=O)O)Cc1nc(-c2ccc(Oc3ccc(Cl)cc3)cc2)no1.C[C@@H](CC(=O)OC(C)(C)C)Cc1nc(-c2ccc(Oc3ccc(Cl)cc3)cc2)no1.N#Cc1ccc(Oc2ccc(Cl)cc2)cc1.N/C(=N\O)c1ccc(Oc2ccc(Cl)cc2)cc1.N[C@@H](CC(=O)O)Cc1nc(-c2ccc(Oc3ccc(Cl)cc3)cc2)no1. The van der Waals surface area contributed by atoms with Gasteiger partial charge < -0.3 is 68.9 Å². The Balaban J connectivity index is 0.000000168. The van der Waals surface area contributed by atoms with Crippen LogP contribution in [0.3, 0.4) is 0 Å². The van der Waals surface area contributed by atoms with Gasteiger partial charge in [0.25, 0.3) is 0 Å². The second kappa shape index (κ2) is 43.5. The highest BCUT2D eigenvalue weighted by atomic mass is 35.5. The topological polar surface area (TPSA) is 372 Å². The van der Waals surface area contributed by atoms with E-state index >= 15 is 0 Å². The molecule has 30 heteroatoms. The number of benzene rings is 10. The van der Waals surface area contributed by atoms with Crippen LogP contribution in [0.4, 0.5) is 0 Å². The molecule has 13 aromatic rings. The Kier molecular flexibility index (Phi) is 32.7. The quantitative estimate of drug-likeness (QED) is 0.0110. The number of aromatic nitrogens is 6. The molecule has 3 atom stereocenters. The Morgan fingerprint density at radius 3 is 0.948 bits per heavy atom. The maximum Gasteiger partial charge on any atom is 0.306 e. The van der Waals surface area contributed by atoms with Crippen LogP contribution in [-0.2, 0) is 38.4 Å². The van der Waals surface area contributed by atoms with Crippen molar-refractivity contribution >= 4 is 81.7 Å². The van der Waals surface area contributed by atoms with E-state index < -0.39 is 23.6 Å². The van der Waals surface area contributed by atoms with Crippen LogP contribution in [0.5, 0.6) is 57.5 Å². The van der Waals surface area contributed by atoms with Gasteiger partial charge in [-0.1, -0.05) is 92.5 Å². The van der Waals surface area contributed by atoms with E-state index in [1.54, 1.807) is 194 Å². The molecule has 0 aliphatic heterocycles. The first kappa shape index (κ1) is 87.2. The number of ether oxygens (including phenoxy) is 6. The van der Waals surface area contributed by atoms with Gasteiger partial charge in [0.15, 0.2) is 5.84 Å². The van der Waals surface area contributed by atoms with Crippen molar-refractivity contribution in [2.75, 3.05) is 0 Å². The summed E-state index contributed by atoms with van der Waals surface area (Å²) in [5.41, 5.74) is 14.3. The first-order valence-electron chi connectivity index (χ1n) is 35.6. The number of hydrogen-bond acceptors (Lipinski definition) is 22. The van der Waals surface area contributed by atoms with E-state index in [1.807, 2.05) is 83.1 Å². The second-order valence-corrected chi connectivity index (χ2v) is 28.8. The molecular weight excluding hydrogens is 1590 g/mol. The fraction of sp³-hybridized carbons (Fsp3) is 0.174. The van der Waals surface area contributed by atoms with E-state index in [4.69, 9.17) is 132 Å². The van der Waals surface area contributed by atoms with Gasteiger partial charge in [0.2, 0.25) is 35.1 Å². The Bertz CT molecular complexity index is 5180. The zero-order valence-electron chi connectivity index (χ0n) is 62.9. The van der Waals surface area contributed by atoms with Crippen molar-refractivity contribution in [1.29, 1.82) is 5.26 Å². The molecule has 3 aromatic heterocycles.